The van der Waals surface area contributed by atoms with Crippen molar-refractivity contribution in [2.24, 2.45) is 0 Å². The number of ether oxygens (including phenoxy) is 2. The molecule has 17 heteroatoms. The maximum absolute atomic E-state index is 13.3. The molecule has 0 aliphatic heterocycles. The molecule has 0 aliphatic rings. The lowest BCUT2D eigenvalue weighted by atomic mass is 10.2. The van der Waals surface area contributed by atoms with Gasteiger partial charge >= 0.3 is 0 Å². The normalized spacial score (nSPS) is 14.6. The van der Waals surface area contributed by atoms with Crippen molar-refractivity contribution in [3.63, 3.8) is 0 Å². The number of nitrogens with one attached hydrogen (secondary N) is 4. The van der Waals surface area contributed by atoms with Crippen LogP contribution in [0, 0.1) is 20.8 Å². The van der Waals surface area contributed by atoms with Gasteiger partial charge in [0.1, 0.15) is 11.5 Å². The number of quaternary nitrogens is 4. The Balaban J connectivity index is 1.64. The molecule has 4 rings (SSSR count). The predicted octanol–water partition coefficient (Wildman–Crippen LogP) is -0.282. The van der Waals surface area contributed by atoms with E-state index in [-0.39, 0.29) is 34.4 Å². The Bertz CT molecular complexity index is 1500. The third kappa shape index (κ3) is 6.82. The van der Waals surface area contributed by atoms with Crippen molar-refractivity contribution in [2.45, 2.75) is 9.79 Å². The fourth-order valence-electron chi connectivity index (χ4n) is 3.59. The zero-order chi connectivity index (χ0) is 29.9. The van der Waals surface area contributed by atoms with Crippen LogP contribution in [0.4, 0.5) is 22.7 Å². The summed E-state index contributed by atoms with van der Waals surface area (Å²) in [7, 11) is -4.43. The van der Waals surface area contributed by atoms with Gasteiger partial charge in [-0.15, -0.1) is 0 Å². The highest BCUT2D eigenvalue weighted by Gasteiger charge is 2.25. The lowest BCUT2D eigenvalue weighted by Crippen LogP contribution is -2.99. The Morgan fingerprint density at radius 2 is 0.854 bits per heavy atom. The maximum Gasteiger partial charge on any atom is 0.208 e. The quantitative estimate of drug-likeness (QED) is 0.111. The zero-order valence-electron chi connectivity index (χ0n) is 20.5. The molecule has 0 aromatic heterocycles. The molecule has 0 radical (unpaired) electrons. The lowest BCUT2D eigenvalue weighted by molar-refractivity contribution is -0.991. The van der Waals surface area contributed by atoms with Gasteiger partial charge in [0.25, 0.3) is 0 Å². The van der Waals surface area contributed by atoms with Gasteiger partial charge in [-0.1, -0.05) is 0 Å². The smallest absolute Gasteiger partial charge is 0.208 e. The second-order valence-electron chi connectivity index (χ2n) is 8.29. The minimum Gasteiger partial charge on any atom is -0.595 e. The van der Waals surface area contributed by atoms with Gasteiger partial charge in [-0.3, -0.25) is 0 Å². The Morgan fingerprint density at radius 1 is 0.512 bits per heavy atom. The molecule has 0 amide bonds. The van der Waals surface area contributed by atoms with E-state index >= 15 is 0 Å². The number of hydrogen-bond donors (Lipinski definition) is 8. The van der Waals surface area contributed by atoms with Crippen molar-refractivity contribution in [3.8, 4) is 23.0 Å². The Hall–Kier alpha value is -4.05. The predicted molar refractivity (Wildman–Crippen MR) is 134 cm³/mol. The molecule has 0 bridgehead atoms. The minimum absolute atomic E-state index is 0.0227. The van der Waals surface area contributed by atoms with Gasteiger partial charge in [-0.2, -0.15) is 20.9 Å². The van der Waals surface area contributed by atoms with Crippen molar-refractivity contribution in [1.82, 2.24) is 0 Å². The monoisotopic (exact) mass is 590 g/mol. The molecule has 0 saturated heterocycles. The van der Waals surface area contributed by atoms with Crippen LogP contribution in [-0.4, -0.2) is 29.2 Å². The second-order valence-corrected chi connectivity index (χ2v) is 10.2. The van der Waals surface area contributed by atoms with Crippen LogP contribution in [0.3, 0.4) is 0 Å². The van der Waals surface area contributed by atoms with Gasteiger partial charge in [-0.25, -0.2) is 29.2 Å². The fraction of sp³-hybridized carbons (Fsp3) is 0. The van der Waals surface area contributed by atoms with Gasteiger partial charge in [0.2, 0.25) is 21.2 Å². The lowest BCUT2D eigenvalue weighted by Gasteiger charge is -2.19. The van der Waals surface area contributed by atoms with Crippen LogP contribution < -0.4 is 30.4 Å². The van der Waals surface area contributed by atoms with E-state index in [1.54, 1.807) is 0 Å². The van der Waals surface area contributed by atoms with Gasteiger partial charge < -0.3 is 30.3 Å². The summed E-state index contributed by atoms with van der Waals surface area (Å²) in [6.07, 6.45) is 0. The summed E-state index contributed by atoms with van der Waals surface area (Å²) in [5, 5.41) is 77.9. The summed E-state index contributed by atoms with van der Waals surface area (Å²) in [5.41, 5.74) is -1.08. The van der Waals surface area contributed by atoms with E-state index in [0.717, 1.165) is 36.4 Å². The second kappa shape index (κ2) is 12.2. The molecule has 4 aromatic carbocycles. The zero-order valence-corrected chi connectivity index (χ0v) is 21.4. The van der Waals surface area contributed by atoms with Crippen molar-refractivity contribution < 1.29 is 59.6 Å². The third-order valence-corrected chi connectivity index (χ3v) is 7.39. The molecule has 41 heavy (non-hydrogen) atoms. The average Bonchev–Trinajstić information content (AvgIpc) is 2.93. The molecule has 0 aliphatic carbocycles. The van der Waals surface area contributed by atoms with Gasteiger partial charge in [0, 0.05) is 36.4 Å². The average molecular weight is 591 g/mol. The number of sulfone groups is 1. The van der Waals surface area contributed by atoms with Crippen LogP contribution in [0.15, 0.2) is 94.7 Å². The third-order valence-electron chi connectivity index (χ3n) is 5.64. The first-order valence-corrected chi connectivity index (χ1v) is 12.9. The van der Waals surface area contributed by atoms with Crippen molar-refractivity contribution >= 4 is 32.6 Å². The standard InChI is InChI=1S/C24H22N4O12S/c29-25(30)15-1-5-17(6-2-15)39-23-11-9-19(13-21(23)27(33)34)41(37,38)20-10-12-24(22(14-20)28(35)36)40-18-7-3-16(4-8-18)26(31)32/h1-14,25-29,31,33,35H. The van der Waals surface area contributed by atoms with E-state index in [0.29, 0.717) is 0 Å². The number of rotatable bonds is 10. The topological polar surface area (TPSA) is 244 Å². The molecule has 4 unspecified atom stereocenters. The van der Waals surface area contributed by atoms with Crippen LogP contribution in [-0.2, 0) is 9.84 Å². The highest BCUT2D eigenvalue weighted by molar-refractivity contribution is 7.91. The molecule has 4 atom stereocenters. The van der Waals surface area contributed by atoms with Crippen LogP contribution in [0.1, 0.15) is 0 Å². The van der Waals surface area contributed by atoms with E-state index in [9.17, 15) is 39.7 Å². The summed E-state index contributed by atoms with van der Waals surface area (Å²) in [5.74, 6) is -0.230. The summed E-state index contributed by atoms with van der Waals surface area (Å²) in [6.45, 7) is 0. The molecular formula is C24H22N4O12S. The molecule has 0 spiro atoms. The first-order chi connectivity index (χ1) is 19.4. The molecule has 0 heterocycles. The summed E-state index contributed by atoms with van der Waals surface area (Å²) < 4.78 is 37.7. The van der Waals surface area contributed by atoms with Gasteiger partial charge in [-0.05, 0) is 48.5 Å². The van der Waals surface area contributed by atoms with E-state index in [4.69, 9.17) is 19.9 Å². The molecule has 0 fully saturated rings. The largest absolute Gasteiger partial charge is 0.595 e. The van der Waals surface area contributed by atoms with Gasteiger partial charge in [0.05, 0.1) is 9.79 Å². The fourth-order valence-corrected chi connectivity index (χ4v) is 4.90. The highest BCUT2D eigenvalue weighted by atomic mass is 32.2. The Morgan fingerprint density at radius 3 is 1.15 bits per heavy atom. The van der Waals surface area contributed by atoms with Crippen LogP contribution in [0.5, 0.6) is 23.0 Å². The van der Waals surface area contributed by atoms with Crippen LogP contribution in [0.2, 0.25) is 0 Å². The van der Waals surface area contributed by atoms with E-state index in [1.165, 1.54) is 48.5 Å². The Kier molecular flexibility index (Phi) is 8.92. The van der Waals surface area contributed by atoms with Gasteiger partial charge in [0.15, 0.2) is 22.9 Å². The molecule has 0 saturated carbocycles. The first kappa shape index (κ1) is 29.9. The van der Waals surface area contributed by atoms with Crippen molar-refractivity contribution in [3.05, 3.63) is 106 Å². The number of hydrogen-bond acceptors (Lipinski definition) is 12. The van der Waals surface area contributed by atoms with Crippen molar-refractivity contribution in [1.29, 1.82) is 0 Å². The summed E-state index contributed by atoms with van der Waals surface area (Å²) in [4.78, 5) is -0.921. The van der Waals surface area contributed by atoms with E-state index in [1.807, 2.05) is 0 Å². The highest BCUT2D eigenvalue weighted by Crippen LogP contribution is 2.34. The van der Waals surface area contributed by atoms with Crippen LogP contribution in [0.25, 0.3) is 0 Å². The molecule has 16 nitrogen and oxygen atoms in total. The summed E-state index contributed by atoms with van der Waals surface area (Å²) >= 11 is 0. The van der Waals surface area contributed by atoms with Crippen LogP contribution >= 0.6 is 0 Å². The number of benzene rings is 4. The molecule has 216 valence electrons. The maximum atomic E-state index is 13.3. The van der Waals surface area contributed by atoms with E-state index < -0.39 is 51.9 Å². The van der Waals surface area contributed by atoms with E-state index in [2.05, 4.69) is 0 Å². The summed E-state index contributed by atoms with van der Waals surface area (Å²) in [6, 6.07) is 16.3. The first-order valence-electron chi connectivity index (χ1n) is 11.4. The molecular weight excluding hydrogens is 568 g/mol. The Labute approximate surface area is 230 Å². The molecule has 8 N–H and O–H groups in total. The SMILES string of the molecule is O=S(=O)(c1ccc(Oc2ccc([NH+]([O-])O)cc2)c([NH+]([O-])O)c1)c1ccc(Oc2ccc([NH+]([O-])O)cc2)c([NH+]([O-])O)c1. The minimum atomic E-state index is -4.43. The molecule has 4 aromatic rings. The van der Waals surface area contributed by atoms with Crippen molar-refractivity contribution in [2.75, 3.05) is 0 Å².